The molecule has 3 aromatic rings. The molecule has 0 aliphatic rings. The van der Waals surface area contributed by atoms with Crippen LogP contribution in [0.5, 0.6) is 0 Å². The number of aliphatic hydroxyl groups excluding tert-OH is 2. The standard InChI is InChI=1S/C12H18OS2.C9H13NOS2.C8H10S.CH4.S39.S2/c1-11(12-7-3-2-4-8-12)15-14-10-6-5-9-13;11-7-3-4-8-12-13-9-5-1-2-6-10-9;1-7(9)8-5-3-2-4-6-8;;1-3-5-7-9-11-13-15-17-19-21-23-25-27-29-31-33-35-37-39-38-36-34-32-30-28-26-24-22-20-18-16-14-12-10-8-6-4-2;1-2/h2-4,7-8,11,13H,5-6,9-10H2,1H3;1-2,5-6,11H,3-4,7-8H2;2-7,9H,1H3;1H4;;. The Bertz CT molecular complexity index is 3720. The van der Waals surface area contributed by atoms with E-state index in [1.54, 1.807) is 134 Å². The summed E-state index contributed by atoms with van der Waals surface area (Å²) in [6.45, 7) is 4.92. The van der Waals surface area contributed by atoms with Gasteiger partial charge in [0.2, 0.25) is 0 Å². The Morgan fingerprint density at radius 1 is 0.405 bits per heavy atom. The summed E-state index contributed by atoms with van der Waals surface area (Å²) in [4.78, 5) is 4.19. The van der Waals surface area contributed by atoms with E-state index in [0.29, 0.717) is 23.7 Å². The van der Waals surface area contributed by atoms with Crippen LogP contribution >= 0.6 is 55.8 Å². The van der Waals surface area contributed by atoms with Gasteiger partial charge in [-0.2, -0.15) is 12.6 Å². The first-order chi connectivity index (χ1) is 38.5. The lowest BCUT2D eigenvalue weighted by molar-refractivity contribution is 0.287. The minimum absolute atomic E-state index is 0. The molecule has 0 fully saturated rings. The van der Waals surface area contributed by atoms with E-state index in [0.717, 1.165) is 42.2 Å². The number of thiol groups is 1. The summed E-state index contributed by atoms with van der Waals surface area (Å²) < 4.78 is 0. The Kier molecular flexibility index (Phi) is 95.4. The van der Waals surface area contributed by atoms with E-state index < -0.39 is 0 Å². The van der Waals surface area contributed by atoms with Crippen molar-refractivity contribution in [3.05, 3.63) is 96.2 Å². The molecule has 2 unspecified atom stereocenters. The smallest absolute Gasteiger partial charge is 0.106 e. The number of pyridine rings is 1. The first kappa shape index (κ1) is 91.5. The molecule has 0 amide bonds. The Morgan fingerprint density at radius 2 is 0.696 bits per heavy atom. The molecule has 3 nitrogen and oxygen atoms in total. The molecule has 49 heteroatoms. The van der Waals surface area contributed by atoms with E-state index in [4.69, 9.17) is 32.6 Å². The number of hydrogen-bond acceptors (Lipinski definition) is 12. The van der Waals surface area contributed by atoms with Gasteiger partial charge in [0.1, 0.15) is 5.03 Å². The zero-order valence-electron chi connectivity index (χ0n) is 38.6. The van der Waals surface area contributed by atoms with Crippen LogP contribution in [0.25, 0.3) is 0 Å². The van der Waals surface area contributed by atoms with Crippen molar-refractivity contribution in [1.29, 1.82) is 0 Å². The van der Waals surface area contributed by atoms with Crippen molar-refractivity contribution >= 4 is 429 Å². The van der Waals surface area contributed by atoms with Gasteiger partial charge in [0.25, 0.3) is 0 Å². The predicted octanol–water partition coefficient (Wildman–Crippen LogP) is 9.71. The van der Waals surface area contributed by atoms with Gasteiger partial charge in [0, 0.05) is 415 Å². The first-order valence-corrected chi connectivity index (χ1v) is 76.3. The van der Waals surface area contributed by atoms with Crippen LogP contribution in [0.15, 0.2) is 90.1 Å². The quantitative estimate of drug-likeness (QED) is 0.0823. The molecule has 2 aromatic carbocycles. The Morgan fingerprint density at radius 3 is 0.962 bits per heavy atom. The van der Waals surface area contributed by atoms with Crippen LogP contribution in [0.4, 0.5) is 0 Å². The van der Waals surface area contributed by atoms with Crippen molar-refractivity contribution in [3.8, 4) is 0 Å². The topological polar surface area (TPSA) is 53.4 Å². The van der Waals surface area contributed by atoms with Crippen LogP contribution in [-0.4, -0.2) is 39.9 Å². The number of aliphatic hydroxyl groups is 2. The lowest BCUT2D eigenvalue weighted by Gasteiger charge is -2.10. The second-order valence-corrected chi connectivity index (χ2v) is 82.0. The van der Waals surface area contributed by atoms with E-state index in [1.807, 2.05) is 262 Å². The molecule has 0 spiro atoms. The molecule has 0 saturated heterocycles. The van der Waals surface area contributed by atoms with Crippen LogP contribution in [-0.2, 0) is 373 Å². The maximum atomic E-state index is 8.64. The highest BCUT2D eigenvalue weighted by molar-refractivity contribution is 8.81. The van der Waals surface area contributed by atoms with Crippen molar-refractivity contribution < 1.29 is 10.2 Å². The lowest BCUT2D eigenvalue weighted by atomic mass is 10.2. The molecule has 0 aliphatic carbocycles. The average molecular weight is 1930 g/mol. The highest BCUT2D eigenvalue weighted by Crippen LogP contribution is 2.37. The van der Waals surface area contributed by atoms with Crippen LogP contribution in [0.3, 0.4) is 0 Å². The Balaban J connectivity index is -0.00000116. The van der Waals surface area contributed by atoms with Gasteiger partial charge in [-0.15, -0.1) is 0 Å². The molecule has 3 rings (SSSR count). The summed E-state index contributed by atoms with van der Waals surface area (Å²) in [5, 5.41) is 19.1. The third-order valence-corrected chi connectivity index (χ3v) is 91.4. The molecule has 79 heavy (non-hydrogen) atoms. The monoisotopic (exact) mass is 1920 g/mol. The third kappa shape index (κ3) is 75.2. The summed E-state index contributed by atoms with van der Waals surface area (Å²) in [6, 6.07) is 26.7. The van der Waals surface area contributed by atoms with Gasteiger partial charge >= 0.3 is 0 Å². The van der Waals surface area contributed by atoms with Gasteiger partial charge in [-0.1, -0.05) is 107 Å². The summed E-state index contributed by atoms with van der Waals surface area (Å²) >= 11 is 21.2. The van der Waals surface area contributed by atoms with Crippen molar-refractivity contribution in [3.63, 3.8) is 0 Å². The van der Waals surface area contributed by atoms with Gasteiger partial charge in [0.15, 0.2) is 0 Å². The molecule has 1 heterocycles. The lowest BCUT2D eigenvalue weighted by Crippen LogP contribution is -1.87. The van der Waals surface area contributed by atoms with Crippen molar-refractivity contribution in [1.82, 2.24) is 4.98 Å². The SMILES string of the molecule is C.CC(S)c1ccccc1.CC(SSCCCCO)c1ccccc1.OCCCCSSc1ccccn1.S=S.S=S=S=S=S=S=S=S=S=S=S=S=S=S=S=S=S=S=S=S=S=S=S=S=S=S=S=S=S=S=S=S=S=S=S=S=S=S=S. The van der Waals surface area contributed by atoms with Crippen LogP contribution < -0.4 is 0 Å². The zero-order valence-corrected chi connectivity index (χ0v) is 76.2. The van der Waals surface area contributed by atoms with E-state index in [-0.39, 0.29) is 7.43 Å². The summed E-state index contributed by atoms with van der Waals surface area (Å²) in [7, 11) is 72.9. The van der Waals surface area contributed by atoms with Gasteiger partial charge in [0.05, 0.1) is 0 Å². The van der Waals surface area contributed by atoms with Gasteiger partial charge in [-0.05, 0) is 73.6 Å². The van der Waals surface area contributed by atoms with Gasteiger partial charge in [-0.3, -0.25) is 0 Å². The number of hydrogen-bond donors (Lipinski definition) is 3. The first-order valence-electron chi connectivity index (χ1n) is 19.1. The van der Waals surface area contributed by atoms with E-state index in [2.05, 4.69) is 96.3 Å². The number of benzene rings is 2. The van der Waals surface area contributed by atoms with E-state index in [1.165, 1.54) is 28.9 Å². The highest BCUT2D eigenvalue weighted by atomic mass is 33.5. The third-order valence-electron chi connectivity index (χ3n) is 5.82. The molecular weight excluding hydrogens is 1880 g/mol. The molecule has 0 saturated carbocycles. The molecule has 0 bridgehead atoms. The molecule has 458 valence electrons. The largest absolute Gasteiger partial charge is 0.396 e. The second kappa shape index (κ2) is 82.4. The molecule has 2 atom stereocenters. The van der Waals surface area contributed by atoms with Crippen molar-refractivity contribution in [2.45, 2.75) is 62.5 Å². The highest BCUT2D eigenvalue weighted by Gasteiger charge is 2.05. The van der Waals surface area contributed by atoms with Crippen LogP contribution in [0.1, 0.15) is 68.6 Å². The number of nitrogens with zero attached hydrogens (tertiary/aromatic N) is 1. The van der Waals surface area contributed by atoms with Gasteiger partial charge in [-0.25, -0.2) is 4.98 Å². The van der Waals surface area contributed by atoms with Gasteiger partial charge < -0.3 is 10.2 Å². The fraction of sp³-hybridized carbons (Fsp3) is 0.433. The van der Waals surface area contributed by atoms with E-state index in [9.17, 15) is 0 Å². The fourth-order valence-corrected chi connectivity index (χ4v) is 104. The average Bonchev–Trinajstić information content (AvgIpc) is 3.47. The molecule has 2 N–H and O–H groups in total. The van der Waals surface area contributed by atoms with Crippen molar-refractivity contribution in [2.75, 3.05) is 24.7 Å². The Hall–Kier alpha value is 8.28. The normalized spacial score (nSPS) is 9.43. The number of unbranched alkanes of at least 4 members (excludes halogenated alkanes) is 2. The zero-order chi connectivity index (χ0) is 57.1. The minimum atomic E-state index is 0. The van der Waals surface area contributed by atoms with Crippen LogP contribution in [0, 0.1) is 0 Å². The maximum Gasteiger partial charge on any atom is 0.106 e. The Labute approximate surface area is 613 Å². The van der Waals surface area contributed by atoms with Crippen LogP contribution in [0.2, 0.25) is 0 Å². The maximum absolute atomic E-state index is 8.64. The number of rotatable bonds is 14. The second-order valence-electron chi connectivity index (χ2n) is 10.5. The summed E-state index contributed by atoms with van der Waals surface area (Å²) in [5.74, 6) is 2.20. The number of aromatic nitrogens is 1. The summed E-state index contributed by atoms with van der Waals surface area (Å²) in [5.41, 5.74) is 2.66. The predicted molar refractivity (Wildman–Crippen MR) is 483 cm³/mol. The van der Waals surface area contributed by atoms with E-state index >= 15 is 0 Å². The van der Waals surface area contributed by atoms with Crippen molar-refractivity contribution in [2.24, 2.45) is 0 Å². The minimum Gasteiger partial charge on any atom is -0.396 e. The fourth-order valence-electron chi connectivity index (χ4n) is 3.10. The molecule has 1 aromatic heterocycles. The molecular formula is C30H45NO2S46. The molecule has 0 radical (unpaired) electrons. The summed E-state index contributed by atoms with van der Waals surface area (Å²) in [6.07, 6.45) is 5.80. The molecule has 0 aliphatic heterocycles.